The van der Waals surface area contributed by atoms with Crippen molar-refractivity contribution in [2.75, 3.05) is 0 Å². The van der Waals surface area contributed by atoms with Crippen LogP contribution in [0, 0.1) is 5.92 Å². The summed E-state index contributed by atoms with van der Waals surface area (Å²) in [7, 11) is 0. The van der Waals surface area contributed by atoms with Crippen molar-refractivity contribution in [3.63, 3.8) is 0 Å². The SMILES string of the molecule is C[C@@H]1O[C@H](O)[C@H](C[C@H]2OC(C(=O)O)=C[C@H](O)[C@H]2O)[C@H](O)[C@H]1O. The predicted molar refractivity (Wildman–Crippen MR) is 69.3 cm³/mol. The first-order valence-electron chi connectivity index (χ1n) is 6.90. The first-order valence-corrected chi connectivity index (χ1v) is 6.90. The molecule has 2 heterocycles. The quantitative estimate of drug-likeness (QED) is 0.332. The van der Waals surface area contributed by atoms with Crippen molar-refractivity contribution in [3.8, 4) is 0 Å². The van der Waals surface area contributed by atoms with Crippen molar-refractivity contribution < 1.29 is 44.9 Å². The van der Waals surface area contributed by atoms with Crippen LogP contribution in [0.4, 0.5) is 0 Å². The Morgan fingerprint density at radius 3 is 2.36 bits per heavy atom. The summed E-state index contributed by atoms with van der Waals surface area (Å²) in [5.41, 5.74) is 0. The van der Waals surface area contributed by atoms with Gasteiger partial charge in [0.15, 0.2) is 6.29 Å². The van der Waals surface area contributed by atoms with Gasteiger partial charge >= 0.3 is 5.97 Å². The molecule has 126 valence electrons. The van der Waals surface area contributed by atoms with Gasteiger partial charge < -0.3 is 40.1 Å². The summed E-state index contributed by atoms with van der Waals surface area (Å²) < 4.78 is 10.2. The summed E-state index contributed by atoms with van der Waals surface area (Å²) in [5.74, 6) is -2.95. The Labute approximate surface area is 126 Å². The molecule has 2 aliphatic heterocycles. The largest absolute Gasteiger partial charge is 0.480 e. The van der Waals surface area contributed by atoms with E-state index in [-0.39, 0.29) is 6.42 Å². The minimum Gasteiger partial charge on any atom is -0.480 e. The molecule has 0 bridgehead atoms. The van der Waals surface area contributed by atoms with E-state index in [1.807, 2.05) is 0 Å². The van der Waals surface area contributed by atoms with Gasteiger partial charge in [0.1, 0.15) is 24.4 Å². The zero-order valence-electron chi connectivity index (χ0n) is 11.8. The Morgan fingerprint density at radius 2 is 1.77 bits per heavy atom. The van der Waals surface area contributed by atoms with Crippen molar-refractivity contribution in [2.45, 2.75) is 56.3 Å². The molecule has 1 saturated heterocycles. The van der Waals surface area contributed by atoms with E-state index in [1.54, 1.807) is 0 Å². The molecule has 0 spiro atoms. The van der Waals surface area contributed by atoms with Crippen LogP contribution in [0.15, 0.2) is 11.8 Å². The first kappa shape index (κ1) is 17.1. The molecule has 0 unspecified atom stereocenters. The Bertz CT molecular complexity index is 451. The molecule has 0 radical (unpaired) electrons. The van der Waals surface area contributed by atoms with E-state index in [0.29, 0.717) is 0 Å². The molecule has 9 heteroatoms. The number of ether oxygens (including phenoxy) is 2. The molecule has 0 aliphatic carbocycles. The van der Waals surface area contributed by atoms with Gasteiger partial charge in [-0.25, -0.2) is 4.79 Å². The smallest absolute Gasteiger partial charge is 0.370 e. The average molecular weight is 320 g/mol. The summed E-state index contributed by atoms with van der Waals surface area (Å²) >= 11 is 0. The topological polar surface area (TPSA) is 157 Å². The van der Waals surface area contributed by atoms with Gasteiger partial charge in [-0.1, -0.05) is 0 Å². The lowest BCUT2D eigenvalue weighted by Crippen LogP contribution is -2.55. The van der Waals surface area contributed by atoms with E-state index >= 15 is 0 Å². The molecule has 2 rings (SSSR count). The zero-order valence-corrected chi connectivity index (χ0v) is 11.8. The molecule has 22 heavy (non-hydrogen) atoms. The molecular weight excluding hydrogens is 300 g/mol. The van der Waals surface area contributed by atoms with Crippen molar-refractivity contribution in [1.29, 1.82) is 0 Å². The molecule has 0 saturated carbocycles. The predicted octanol–water partition coefficient (Wildman–Crippen LogP) is -2.46. The lowest BCUT2D eigenvalue weighted by molar-refractivity contribution is -0.266. The van der Waals surface area contributed by atoms with Gasteiger partial charge in [0.05, 0.1) is 12.2 Å². The van der Waals surface area contributed by atoms with E-state index in [0.717, 1.165) is 6.08 Å². The molecule has 0 aromatic rings. The standard InChI is InChI=1S/C13H20O9/c1-4-9(15)10(16)5(13(20)21-4)2-7-11(17)6(14)3-8(22-7)12(18)19/h3-7,9-11,13-17,20H,2H2,1H3,(H,18,19)/t4-,5+,6-,7+,9-,10-,11+,13-/m0/s1. The summed E-state index contributed by atoms with van der Waals surface area (Å²) in [6.45, 7) is 1.48. The van der Waals surface area contributed by atoms with Crippen LogP contribution in [-0.4, -0.2) is 79.5 Å². The maximum absolute atomic E-state index is 10.9. The van der Waals surface area contributed by atoms with Crippen LogP contribution in [0.25, 0.3) is 0 Å². The number of carboxylic acid groups (broad SMARTS) is 1. The zero-order chi connectivity index (χ0) is 16.6. The molecule has 2 aliphatic rings. The second-order valence-corrected chi connectivity index (χ2v) is 5.59. The second kappa shape index (κ2) is 6.49. The van der Waals surface area contributed by atoms with Gasteiger partial charge in [-0.15, -0.1) is 0 Å². The fourth-order valence-electron chi connectivity index (χ4n) is 2.68. The highest BCUT2D eigenvalue weighted by Crippen LogP contribution is 2.32. The molecule has 0 aromatic carbocycles. The van der Waals surface area contributed by atoms with Gasteiger partial charge in [0.2, 0.25) is 5.76 Å². The van der Waals surface area contributed by atoms with Gasteiger partial charge in [0.25, 0.3) is 0 Å². The van der Waals surface area contributed by atoms with E-state index in [1.165, 1.54) is 6.92 Å². The highest BCUT2D eigenvalue weighted by atomic mass is 16.6. The monoisotopic (exact) mass is 320 g/mol. The summed E-state index contributed by atoms with van der Waals surface area (Å²) in [6, 6.07) is 0. The Kier molecular flexibility index (Phi) is 5.05. The third kappa shape index (κ3) is 3.24. The van der Waals surface area contributed by atoms with Crippen molar-refractivity contribution in [1.82, 2.24) is 0 Å². The number of aliphatic carboxylic acids is 1. The summed E-state index contributed by atoms with van der Waals surface area (Å²) in [4.78, 5) is 10.9. The molecule has 1 fully saturated rings. The molecule has 8 atom stereocenters. The number of carboxylic acids is 1. The third-order valence-electron chi connectivity index (χ3n) is 4.04. The number of hydrogen-bond donors (Lipinski definition) is 6. The highest BCUT2D eigenvalue weighted by molar-refractivity contribution is 5.84. The molecule has 9 nitrogen and oxygen atoms in total. The fourth-order valence-corrected chi connectivity index (χ4v) is 2.68. The Balaban J connectivity index is 2.12. The fraction of sp³-hybridized carbons (Fsp3) is 0.769. The van der Waals surface area contributed by atoms with Crippen LogP contribution in [0.2, 0.25) is 0 Å². The first-order chi connectivity index (χ1) is 10.2. The number of aliphatic hydroxyl groups excluding tert-OH is 5. The van der Waals surface area contributed by atoms with Gasteiger partial charge in [-0.2, -0.15) is 0 Å². The van der Waals surface area contributed by atoms with Crippen LogP contribution in [0.3, 0.4) is 0 Å². The van der Waals surface area contributed by atoms with E-state index in [4.69, 9.17) is 14.6 Å². The summed E-state index contributed by atoms with van der Waals surface area (Å²) in [6.07, 6.45) is -8.19. The van der Waals surface area contributed by atoms with Gasteiger partial charge in [-0.05, 0) is 19.4 Å². The van der Waals surface area contributed by atoms with E-state index in [9.17, 15) is 30.3 Å². The number of rotatable bonds is 3. The van der Waals surface area contributed by atoms with Crippen LogP contribution >= 0.6 is 0 Å². The summed E-state index contributed by atoms with van der Waals surface area (Å²) in [5, 5.41) is 58.1. The average Bonchev–Trinajstić information content (AvgIpc) is 2.45. The Morgan fingerprint density at radius 1 is 1.14 bits per heavy atom. The minimum atomic E-state index is -1.45. The lowest BCUT2D eigenvalue weighted by atomic mass is 9.84. The highest BCUT2D eigenvalue weighted by Gasteiger charge is 2.45. The minimum absolute atomic E-state index is 0.213. The maximum atomic E-state index is 10.9. The van der Waals surface area contributed by atoms with Crippen LogP contribution in [0.1, 0.15) is 13.3 Å². The molecule has 0 aromatic heterocycles. The number of aliphatic hydroxyl groups is 5. The lowest BCUT2D eigenvalue weighted by Gasteiger charge is -2.42. The van der Waals surface area contributed by atoms with Crippen LogP contribution < -0.4 is 0 Å². The van der Waals surface area contributed by atoms with Gasteiger partial charge in [-0.3, -0.25) is 0 Å². The second-order valence-electron chi connectivity index (χ2n) is 5.59. The van der Waals surface area contributed by atoms with Gasteiger partial charge in [0, 0.05) is 5.92 Å². The molecule has 6 N–H and O–H groups in total. The van der Waals surface area contributed by atoms with Crippen molar-refractivity contribution >= 4 is 5.97 Å². The van der Waals surface area contributed by atoms with Crippen LogP contribution in [0.5, 0.6) is 0 Å². The van der Waals surface area contributed by atoms with Crippen molar-refractivity contribution in [3.05, 3.63) is 11.8 Å². The van der Waals surface area contributed by atoms with E-state index < -0.39 is 60.6 Å². The maximum Gasteiger partial charge on any atom is 0.370 e. The van der Waals surface area contributed by atoms with Crippen LogP contribution in [-0.2, 0) is 14.3 Å². The normalized spacial score (nSPS) is 45.8. The van der Waals surface area contributed by atoms with E-state index in [2.05, 4.69) is 0 Å². The third-order valence-corrected chi connectivity index (χ3v) is 4.04. The number of carbonyl (C=O) groups is 1. The molecular formula is C13H20O9. The van der Waals surface area contributed by atoms with Crippen molar-refractivity contribution in [2.24, 2.45) is 5.92 Å². The molecule has 0 amide bonds. The number of hydrogen-bond acceptors (Lipinski definition) is 8. The Hall–Kier alpha value is -1.23.